The van der Waals surface area contributed by atoms with Crippen molar-refractivity contribution in [2.24, 2.45) is 5.73 Å². The van der Waals surface area contributed by atoms with E-state index in [1.807, 2.05) is 0 Å². The van der Waals surface area contributed by atoms with Crippen LogP contribution in [-0.2, 0) is 18.4 Å². The number of imidazole rings is 1. The zero-order valence-corrected chi connectivity index (χ0v) is 9.67. The molecule has 1 aromatic rings. The van der Waals surface area contributed by atoms with Crippen LogP contribution in [0.4, 0.5) is 0 Å². The van der Waals surface area contributed by atoms with E-state index in [0.29, 0.717) is 6.54 Å². The van der Waals surface area contributed by atoms with Crippen molar-refractivity contribution >= 4 is 0 Å². The van der Waals surface area contributed by atoms with Crippen molar-refractivity contribution in [2.45, 2.75) is 46.1 Å². The second-order valence-electron chi connectivity index (χ2n) is 4.62. The highest BCUT2D eigenvalue weighted by atomic mass is 15.1. The molecule has 0 aromatic carbocycles. The lowest BCUT2D eigenvalue weighted by molar-refractivity contribution is 0.570. The van der Waals surface area contributed by atoms with Gasteiger partial charge in [0.15, 0.2) is 0 Å². The molecule has 0 aliphatic rings. The highest BCUT2D eigenvalue weighted by molar-refractivity contribution is 5.13. The first-order valence-electron chi connectivity index (χ1n) is 5.25. The van der Waals surface area contributed by atoms with Crippen LogP contribution in [0.2, 0.25) is 0 Å². The summed E-state index contributed by atoms with van der Waals surface area (Å²) in [5.74, 6) is 1.11. The summed E-state index contributed by atoms with van der Waals surface area (Å²) in [6.45, 7) is 10.3. The third kappa shape index (κ3) is 2.35. The van der Waals surface area contributed by atoms with E-state index < -0.39 is 0 Å². The first-order valence-corrected chi connectivity index (χ1v) is 5.25. The monoisotopic (exact) mass is 195 g/mol. The third-order valence-electron chi connectivity index (χ3n) is 2.34. The van der Waals surface area contributed by atoms with E-state index >= 15 is 0 Å². The van der Waals surface area contributed by atoms with E-state index in [0.717, 1.165) is 24.5 Å². The van der Waals surface area contributed by atoms with Gasteiger partial charge in [0.1, 0.15) is 5.82 Å². The van der Waals surface area contributed by atoms with Crippen LogP contribution in [0.3, 0.4) is 0 Å². The van der Waals surface area contributed by atoms with Gasteiger partial charge in [-0.1, -0.05) is 20.8 Å². The number of nitrogens with two attached hydrogens (primary N) is 1. The van der Waals surface area contributed by atoms with Gasteiger partial charge in [0.25, 0.3) is 0 Å². The minimum Gasteiger partial charge on any atom is -0.335 e. The molecule has 0 saturated carbocycles. The number of hydrogen-bond acceptors (Lipinski definition) is 2. The van der Waals surface area contributed by atoms with Crippen molar-refractivity contribution in [3.05, 3.63) is 17.7 Å². The zero-order valence-electron chi connectivity index (χ0n) is 9.67. The Balaban J connectivity index is 3.00. The molecule has 0 unspecified atom stereocenters. The summed E-state index contributed by atoms with van der Waals surface area (Å²) < 4.78 is 2.19. The SMILES string of the molecule is CCn1cc(C(C)(C)C)nc1CCN. The lowest BCUT2D eigenvalue weighted by Crippen LogP contribution is -2.12. The minimum absolute atomic E-state index is 0.129. The average molecular weight is 195 g/mol. The lowest BCUT2D eigenvalue weighted by Gasteiger charge is -2.14. The molecule has 2 N–H and O–H groups in total. The second kappa shape index (κ2) is 4.13. The Labute approximate surface area is 86.3 Å². The quantitative estimate of drug-likeness (QED) is 0.797. The van der Waals surface area contributed by atoms with Crippen LogP contribution in [-0.4, -0.2) is 16.1 Å². The molecule has 80 valence electrons. The highest BCUT2D eigenvalue weighted by Gasteiger charge is 2.18. The summed E-state index contributed by atoms with van der Waals surface area (Å²) >= 11 is 0. The molecule has 0 bridgehead atoms. The zero-order chi connectivity index (χ0) is 10.8. The van der Waals surface area contributed by atoms with Crippen molar-refractivity contribution in [3.8, 4) is 0 Å². The average Bonchev–Trinajstić information content (AvgIpc) is 2.47. The predicted molar refractivity (Wildman–Crippen MR) is 59.4 cm³/mol. The van der Waals surface area contributed by atoms with E-state index in [1.54, 1.807) is 0 Å². The number of aromatic nitrogens is 2. The van der Waals surface area contributed by atoms with Crippen LogP contribution in [0.25, 0.3) is 0 Å². The molecule has 0 radical (unpaired) electrons. The number of rotatable bonds is 3. The largest absolute Gasteiger partial charge is 0.335 e. The number of nitrogens with zero attached hydrogens (tertiary/aromatic N) is 2. The lowest BCUT2D eigenvalue weighted by atomic mass is 9.93. The van der Waals surface area contributed by atoms with E-state index in [4.69, 9.17) is 5.73 Å². The molecular weight excluding hydrogens is 174 g/mol. The number of hydrogen-bond donors (Lipinski definition) is 1. The normalized spacial score (nSPS) is 12.1. The van der Waals surface area contributed by atoms with Gasteiger partial charge in [-0.25, -0.2) is 4.98 Å². The molecule has 0 aliphatic heterocycles. The van der Waals surface area contributed by atoms with Crippen molar-refractivity contribution in [2.75, 3.05) is 6.54 Å². The summed E-state index contributed by atoms with van der Waals surface area (Å²) in [6.07, 6.45) is 3.01. The van der Waals surface area contributed by atoms with E-state index in [2.05, 4.69) is 43.4 Å². The van der Waals surface area contributed by atoms with Gasteiger partial charge in [-0.05, 0) is 13.5 Å². The van der Waals surface area contributed by atoms with Gasteiger partial charge >= 0.3 is 0 Å². The molecule has 0 saturated heterocycles. The first kappa shape index (κ1) is 11.2. The summed E-state index contributed by atoms with van der Waals surface area (Å²) in [6, 6.07) is 0. The van der Waals surface area contributed by atoms with Crippen molar-refractivity contribution in [1.82, 2.24) is 9.55 Å². The van der Waals surface area contributed by atoms with Crippen molar-refractivity contribution in [3.63, 3.8) is 0 Å². The van der Waals surface area contributed by atoms with E-state index in [9.17, 15) is 0 Å². The number of aryl methyl sites for hydroxylation is 1. The first-order chi connectivity index (χ1) is 6.49. The smallest absolute Gasteiger partial charge is 0.110 e. The fraction of sp³-hybridized carbons (Fsp3) is 0.727. The maximum atomic E-state index is 5.55. The van der Waals surface area contributed by atoms with Gasteiger partial charge < -0.3 is 10.3 Å². The van der Waals surface area contributed by atoms with Gasteiger partial charge in [0.05, 0.1) is 5.69 Å². The third-order valence-corrected chi connectivity index (χ3v) is 2.34. The van der Waals surface area contributed by atoms with Gasteiger partial charge in [-0.2, -0.15) is 0 Å². The minimum atomic E-state index is 0.129. The van der Waals surface area contributed by atoms with Crippen molar-refractivity contribution in [1.29, 1.82) is 0 Å². The Morgan fingerprint density at radius 1 is 1.43 bits per heavy atom. The van der Waals surface area contributed by atoms with Gasteiger partial charge in [-0.15, -0.1) is 0 Å². The Kier molecular flexibility index (Phi) is 3.32. The molecular formula is C11H21N3. The van der Waals surface area contributed by atoms with Gasteiger partial charge in [0, 0.05) is 24.6 Å². The van der Waals surface area contributed by atoms with Crippen LogP contribution in [0.15, 0.2) is 6.20 Å². The fourth-order valence-corrected chi connectivity index (χ4v) is 1.42. The van der Waals surface area contributed by atoms with Gasteiger partial charge in [0.2, 0.25) is 0 Å². The molecule has 3 nitrogen and oxygen atoms in total. The van der Waals surface area contributed by atoms with Gasteiger partial charge in [-0.3, -0.25) is 0 Å². The molecule has 1 rings (SSSR count). The topological polar surface area (TPSA) is 43.8 Å². The maximum Gasteiger partial charge on any atom is 0.110 e. The molecule has 0 amide bonds. The molecule has 0 fully saturated rings. The van der Waals surface area contributed by atoms with Crippen LogP contribution in [0.5, 0.6) is 0 Å². The van der Waals surface area contributed by atoms with E-state index in [1.165, 1.54) is 0 Å². The summed E-state index contributed by atoms with van der Waals surface area (Å²) in [4.78, 5) is 4.62. The molecule has 3 heteroatoms. The summed E-state index contributed by atoms with van der Waals surface area (Å²) in [5.41, 5.74) is 6.83. The van der Waals surface area contributed by atoms with Crippen LogP contribution in [0, 0.1) is 0 Å². The highest BCUT2D eigenvalue weighted by Crippen LogP contribution is 2.21. The predicted octanol–water partition coefficient (Wildman–Crippen LogP) is 1.70. The Morgan fingerprint density at radius 2 is 2.07 bits per heavy atom. The maximum absolute atomic E-state index is 5.55. The molecule has 14 heavy (non-hydrogen) atoms. The van der Waals surface area contributed by atoms with E-state index in [-0.39, 0.29) is 5.41 Å². The van der Waals surface area contributed by atoms with Crippen LogP contribution < -0.4 is 5.73 Å². The molecule has 1 aromatic heterocycles. The summed E-state index contributed by atoms with van der Waals surface area (Å²) in [7, 11) is 0. The molecule has 1 heterocycles. The Morgan fingerprint density at radius 3 is 2.50 bits per heavy atom. The van der Waals surface area contributed by atoms with Crippen LogP contribution in [0.1, 0.15) is 39.2 Å². The summed E-state index contributed by atoms with van der Waals surface area (Å²) in [5, 5.41) is 0. The Bertz CT molecular complexity index is 294. The Hall–Kier alpha value is -0.830. The fourth-order valence-electron chi connectivity index (χ4n) is 1.42. The molecule has 0 atom stereocenters. The molecule has 0 aliphatic carbocycles. The van der Waals surface area contributed by atoms with Crippen molar-refractivity contribution < 1.29 is 0 Å². The van der Waals surface area contributed by atoms with Crippen LogP contribution >= 0.6 is 0 Å². The second-order valence-corrected chi connectivity index (χ2v) is 4.62. The molecule has 0 spiro atoms. The standard InChI is InChI=1S/C11H21N3/c1-5-14-8-9(11(2,3)4)13-10(14)6-7-12/h8H,5-7,12H2,1-4H3.